The number of carbonyl (C=O) groups is 1. The van der Waals surface area contributed by atoms with Crippen LogP contribution in [0.2, 0.25) is 0 Å². The summed E-state index contributed by atoms with van der Waals surface area (Å²) in [6.07, 6.45) is 3.50. The summed E-state index contributed by atoms with van der Waals surface area (Å²) in [5.41, 5.74) is 1.48. The maximum absolute atomic E-state index is 12.8. The van der Waals surface area contributed by atoms with Gasteiger partial charge in [0, 0.05) is 18.7 Å². The van der Waals surface area contributed by atoms with Gasteiger partial charge in [-0.1, -0.05) is 36.0 Å². The highest BCUT2D eigenvalue weighted by Crippen LogP contribution is 2.33. The number of Topliss-reactive ketones (excluding diaryl/α,β-unsaturated/α-hetero) is 1. The van der Waals surface area contributed by atoms with Crippen LogP contribution in [0, 0.1) is 0 Å². The summed E-state index contributed by atoms with van der Waals surface area (Å²) in [6, 6.07) is 15.0. The molecule has 1 aliphatic rings. The second-order valence-corrected chi connectivity index (χ2v) is 8.22. The first kappa shape index (κ1) is 21.2. The van der Waals surface area contributed by atoms with Crippen LogP contribution in [0.25, 0.3) is 5.69 Å². The van der Waals surface area contributed by atoms with Gasteiger partial charge in [-0.3, -0.25) is 9.36 Å². The Kier molecular flexibility index (Phi) is 6.76. The maximum Gasteiger partial charge on any atom is 0.232 e. The van der Waals surface area contributed by atoms with E-state index in [0.717, 1.165) is 43.3 Å². The van der Waals surface area contributed by atoms with Gasteiger partial charge >= 0.3 is 0 Å². The fraction of sp³-hybridized carbons (Fsp3) is 0.348. The lowest BCUT2D eigenvalue weighted by Gasteiger charge is -2.28. The zero-order valence-corrected chi connectivity index (χ0v) is 18.6. The first-order valence-corrected chi connectivity index (χ1v) is 11.3. The third-order valence-electron chi connectivity index (χ3n) is 5.31. The average molecular weight is 439 g/mol. The van der Waals surface area contributed by atoms with Gasteiger partial charge in [0.25, 0.3) is 0 Å². The van der Waals surface area contributed by atoms with Crippen molar-refractivity contribution in [1.82, 2.24) is 14.8 Å². The Morgan fingerprint density at radius 2 is 1.81 bits per heavy atom. The highest BCUT2D eigenvalue weighted by Gasteiger charge is 2.24. The van der Waals surface area contributed by atoms with Crippen molar-refractivity contribution in [3.63, 3.8) is 0 Å². The highest BCUT2D eigenvalue weighted by atomic mass is 32.2. The van der Waals surface area contributed by atoms with Gasteiger partial charge in [0.1, 0.15) is 11.5 Å². The van der Waals surface area contributed by atoms with E-state index < -0.39 is 0 Å². The molecule has 0 saturated carbocycles. The average Bonchev–Trinajstić information content (AvgIpc) is 3.26. The quantitative estimate of drug-likeness (QED) is 0.385. The van der Waals surface area contributed by atoms with Crippen molar-refractivity contribution in [2.75, 3.05) is 38.0 Å². The minimum atomic E-state index is 0.0120. The fourth-order valence-corrected chi connectivity index (χ4v) is 4.52. The molecule has 1 aromatic heterocycles. The predicted octanol–water partition coefficient (Wildman–Crippen LogP) is 4.25. The van der Waals surface area contributed by atoms with Crippen molar-refractivity contribution in [3.8, 4) is 17.2 Å². The number of nitrogens with zero attached hydrogens (tertiary/aromatic N) is 4. The molecule has 1 saturated heterocycles. The van der Waals surface area contributed by atoms with Gasteiger partial charge in [0.15, 0.2) is 10.9 Å². The van der Waals surface area contributed by atoms with E-state index >= 15 is 0 Å². The summed E-state index contributed by atoms with van der Waals surface area (Å²) < 4.78 is 12.8. The topological polar surface area (TPSA) is 69.5 Å². The molecule has 162 valence electrons. The second-order valence-electron chi connectivity index (χ2n) is 7.28. The molecular weight excluding hydrogens is 412 g/mol. The van der Waals surface area contributed by atoms with Crippen molar-refractivity contribution in [3.05, 3.63) is 54.1 Å². The van der Waals surface area contributed by atoms with Gasteiger partial charge in [0.2, 0.25) is 5.95 Å². The van der Waals surface area contributed by atoms with Gasteiger partial charge in [-0.15, -0.1) is 10.2 Å². The molecule has 0 spiro atoms. The molecule has 0 N–H and O–H groups in total. The Morgan fingerprint density at radius 1 is 1.00 bits per heavy atom. The zero-order valence-electron chi connectivity index (χ0n) is 17.8. The molecule has 31 heavy (non-hydrogen) atoms. The Hall–Kier alpha value is -3.00. The van der Waals surface area contributed by atoms with Gasteiger partial charge < -0.3 is 14.4 Å². The molecule has 0 bridgehead atoms. The van der Waals surface area contributed by atoms with Crippen LogP contribution in [0.1, 0.15) is 29.6 Å². The lowest BCUT2D eigenvalue weighted by Crippen LogP contribution is -2.31. The predicted molar refractivity (Wildman–Crippen MR) is 122 cm³/mol. The van der Waals surface area contributed by atoms with Crippen LogP contribution in [0.15, 0.2) is 53.7 Å². The van der Waals surface area contributed by atoms with Gasteiger partial charge in [0.05, 0.1) is 25.7 Å². The van der Waals surface area contributed by atoms with Crippen molar-refractivity contribution < 1.29 is 14.3 Å². The van der Waals surface area contributed by atoms with E-state index in [1.807, 2.05) is 41.0 Å². The van der Waals surface area contributed by atoms with E-state index in [0.29, 0.717) is 16.5 Å². The number of carbonyl (C=O) groups excluding carboxylic acids is 1. The summed E-state index contributed by atoms with van der Waals surface area (Å²) in [6.45, 7) is 1.89. The molecule has 2 aromatic carbocycles. The van der Waals surface area contributed by atoms with E-state index in [9.17, 15) is 4.79 Å². The van der Waals surface area contributed by atoms with Crippen molar-refractivity contribution in [2.45, 2.75) is 24.4 Å². The molecular formula is C23H26N4O3S. The number of methoxy groups -OCH3 is 2. The van der Waals surface area contributed by atoms with Crippen LogP contribution in [0.5, 0.6) is 11.5 Å². The minimum absolute atomic E-state index is 0.0120. The summed E-state index contributed by atoms with van der Waals surface area (Å²) in [7, 11) is 3.25. The summed E-state index contributed by atoms with van der Waals surface area (Å²) >= 11 is 1.38. The van der Waals surface area contributed by atoms with E-state index in [4.69, 9.17) is 9.47 Å². The van der Waals surface area contributed by atoms with Gasteiger partial charge in [-0.25, -0.2) is 0 Å². The molecule has 1 fully saturated rings. The standard InChI is InChI=1S/C23H26N4O3S/c1-29-18-10-8-9-17(15-18)20(28)16-31-23-25-24-22(26-13-6-3-7-14-26)27(23)19-11-4-5-12-21(19)30-2/h4-5,8-12,15H,3,6-7,13-14,16H2,1-2H3. The Balaban J connectivity index is 1.64. The van der Waals surface area contributed by atoms with Gasteiger partial charge in [-0.05, 0) is 43.5 Å². The molecule has 4 rings (SSSR count). The number of thioether (sulfide) groups is 1. The number of piperidine rings is 1. The summed E-state index contributed by atoms with van der Waals surface area (Å²) in [5.74, 6) is 2.46. The van der Waals surface area contributed by atoms with E-state index in [2.05, 4.69) is 15.1 Å². The molecule has 0 amide bonds. The molecule has 0 atom stereocenters. The second kappa shape index (κ2) is 9.87. The maximum atomic E-state index is 12.8. The molecule has 1 aliphatic heterocycles. The minimum Gasteiger partial charge on any atom is -0.497 e. The summed E-state index contributed by atoms with van der Waals surface area (Å²) in [4.78, 5) is 15.1. The van der Waals surface area contributed by atoms with E-state index in [1.165, 1.54) is 18.2 Å². The van der Waals surface area contributed by atoms with Crippen LogP contribution >= 0.6 is 11.8 Å². The van der Waals surface area contributed by atoms with Crippen LogP contribution in [0.4, 0.5) is 5.95 Å². The normalized spacial score (nSPS) is 13.8. The Morgan fingerprint density at radius 3 is 2.58 bits per heavy atom. The molecule has 2 heterocycles. The van der Waals surface area contributed by atoms with Gasteiger partial charge in [-0.2, -0.15) is 0 Å². The molecule has 3 aromatic rings. The third-order valence-corrected chi connectivity index (χ3v) is 6.23. The molecule has 0 unspecified atom stereocenters. The lowest BCUT2D eigenvalue weighted by molar-refractivity contribution is 0.102. The molecule has 8 heteroatoms. The van der Waals surface area contributed by atoms with Crippen molar-refractivity contribution in [1.29, 1.82) is 0 Å². The van der Waals surface area contributed by atoms with Crippen LogP contribution in [-0.2, 0) is 0 Å². The third kappa shape index (κ3) is 4.69. The number of rotatable bonds is 8. The fourth-order valence-electron chi connectivity index (χ4n) is 3.69. The van der Waals surface area contributed by atoms with E-state index in [1.54, 1.807) is 26.4 Å². The number of benzene rings is 2. The van der Waals surface area contributed by atoms with Crippen LogP contribution < -0.4 is 14.4 Å². The number of aromatic nitrogens is 3. The van der Waals surface area contributed by atoms with Crippen LogP contribution in [-0.4, -0.2) is 53.6 Å². The lowest BCUT2D eigenvalue weighted by atomic mass is 10.1. The zero-order chi connectivity index (χ0) is 21.6. The monoisotopic (exact) mass is 438 g/mol. The number of anilines is 1. The SMILES string of the molecule is COc1cccc(C(=O)CSc2nnc(N3CCCCC3)n2-c2ccccc2OC)c1. The summed E-state index contributed by atoms with van der Waals surface area (Å²) in [5, 5.41) is 9.61. The van der Waals surface area contributed by atoms with Crippen molar-refractivity contribution >= 4 is 23.5 Å². The number of ether oxygens (including phenoxy) is 2. The Labute approximate surface area is 186 Å². The number of para-hydroxylation sites is 2. The van der Waals surface area contributed by atoms with Crippen molar-refractivity contribution in [2.24, 2.45) is 0 Å². The first-order valence-electron chi connectivity index (χ1n) is 10.3. The molecule has 7 nitrogen and oxygen atoms in total. The smallest absolute Gasteiger partial charge is 0.232 e. The number of ketones is 1. The van der Waals surface area contributed by atoms with E-state index in [-0.39, 0.29) is 11.5 Å². The largest absolute Gasteiger partial charge is 0.497 e. The number of hydrogen-bond donors (Lipinski definition) is 0. The highest BCUT2D eigenvalue weighted by molar-refractivity contribution is 7.99. The molecule has 0 aliphatic carbocycles. The number of hydrogen-bond acceptors (Lipinski definition) is 7. The van der Waals surface area contributed by atoms with Crippen LogP contribution in [0.3, 0.4) is 0 Å². The molecule has 0 radical (unpaired) electrons. The Bertz CT molecular complexity index is 1050. The first-order chi connectivity index (χ1) is 15.2.